The van der Waals surface area contributed by atoms with Crippen molar-refractivity contribution in [1.29, 1.82) is 0 Å². The van der Waals surface area contributed by atoms with E-state index in [4.69, 9.17) is 11.6 Å². The summed E-state index contributed by atoms with van der Waals surface area (Å²) in [7, 11) is 0. The molecule has 0 saturated heterocycles. The minimum Gasteiger partial charge on any atom is -0.352 e. The molecule has 1 fully saturated rings. The third-order valence-corrected chi connectivity index (χ3v) is 4.06. The van der Waals surface area contributed by atoms with Gasteiger partial charge in [-0.25, -0.2) is 0 Å². The molecule has 0 spiro atoms. The third-order valence-electron chi connectivity index (χ3n) is 2.85. The smallest absolute Gasteiger partial charge is 0.251 e. The summed E-state index contributed by atoms with van der Waals surface area (Å²) in [5.74, 6) is -0.445. The van der Waals surface area contributed by atoms with Gasteiger partial charge in [0.2, 0.25) is 5.91 Å². The van der Waals surface area contributed by atoms with Gasteiger partial charge in [0.1, 0.15) is 6.04 Å². The monoisotopic (exact) mass is 344 g/mol. The van der Waals surface area contributed by atoms with Gasteiger partial charge in [0.25, 0.3) is 5.91 Å². The number of rotatable bonds is 4. The molecule has 0 aromatic heterocycles. The Morgan fingerprint density at radius 2 is 2.11 bits per heavy atom. The molecule has 1 saturated carbocycles. The number of halogens is 2. The maximum absolute atomic E-state index is 12.0. The van der Waals surface area contributed by atoms with Crippen molar-refractivity contribution >= 4 is 39.3 Å². The molecular weight excluding hydrogens is 332 g/mol. The van der Waals surface area contributed by atoms with Crippen LogP contribution in [0.2, 0.25) is 5.02 Å². The van der Waals surface area contributed by atoms with Crippen LogP contribution in [0.5, 0.6) is 0 Å². The number of carbonyl (C=O) groups is 2. The highest BCUT2D eigenvalue weighted by molar-refractivity contribution is 9.10. The van der Waals surface area contributed by atoms with Crippen molar-refractivity contribution in [2.75, 3.05) is 0 Å². The van der Waals surface area contributed by atoms with Crippen LogP contribution in [0.3, 0.4) is 0 Å². The van der Waals surface area contributed by atoms with Crippen LogP contribution in [0.4, 0.5) is 0 Å². The zero-order chi connectivity index (χ0) is 14.0. The molecule has 102 valence electrons. The third kappa shape index (κ3) is 3.94. The van der Waals surface area contributed by atoms with E-state index in [1.165, 1.54) is 0 Å². The average molecular weight is 346 g/mol. The maximum Gasteiger partial charge on any atom is 0.251 e. The largest absolute Gasteiger partial charge is 0.352 e. The minimum absolute atomic E-state index is 0.149. The second-order valence-electron chi connectivity index (χ2n) is 4.61. The van der Waals surface area contributed by atoms with Gasteiger partial charge in [0.15, 0.2) is 0 Å². The van der Waals surface area contributed by atoms with Gasteiger partial charge in [-0.1, -0.05) is 11.6 Å². The van der Waals surface area contributed by atoms with E-state index in [2.05, 4.69) is 26.6 Å². The van der Waals surface area contributed by atoms with Crippen molar-refractivity contribution in [3.8, 4) is 0 Å². The summed E-state index contributed by atoms with van der Waals surface area (Å²) in [5, 5.41) is 6.05. The van der Waals surface area contributed by atoms with E-state index < -0.39 is 6.04 Å². The molecule has 1 aromatic carbocycles. The van der Waals surface area contributed by atoms with Gasteiger partial charge >= 0.3 is 0 Å². The summed E-state index contributed by atoms with van der Waals surface area (Å²) in [4.78, 5) is 23.7. The highest BCUT2D eigenvalue weighted by Gasteiger charge is 2.26. The molecule has 1 aliphatic carbocycles. The molecule has 1 aliphatic rings. The van der Waals surface area contributed by atoms with Crippen LogP contribution in [0, 0.1) is 0 Å². The van der Waals surface area contributed by atoms with Gasteiger partial charge in [0, 0.05) is 16.1 Å². The Hall–Kier alpha value is -1.07. The molecule has 2 amide bonds. The highest BCUT2D eigenvalue weighted by Crippen LogP contribution is 2.23. The lowest BCUT2D eigenvalue weighted by molar-refractivity contribution is -0.122. The fraction of sp³-hybridized carbons (Fsp3) is 0.385. The van der Waals surface area contributed by atoms with Crippen molar-refractivity contribution in [2.45, 2.75) is 31.8 Å². The number of amides is 2. The van der Waals surface area contributed by atoms with Crippen molar-refractivity contribution < 1.29 is 9.59 Å². The average Bonchev–Trinajstić information content (AvgIpc) is 3.16. The summed E-state index contributed by atoms with van der Waals surface area (Å²) in [5.41, 5.74) is 0.461. The SMILES string of the molecule is CC(NC(=O)c1ccc(Cl)c(Br)c1)C(=O)NC1CC1. The van der Waals surface area contributed by atoms with Crippen LogP contribution < -0.4 is 10.6 Å². The molecule has 0 heterocycles. The number of carbonyl (C=O) groups excluding carboxylic acids is 2. The first kappa shape index (κ1) is 14.3. The lowest BCUT2D eigenvalue weighted by atomic mass is 10.2. The normalized spacial score (nSPS) is 15.7. The van der Waals surface area contributed by atoms with E-state index in [0.717, 1.165) is 12.8 Å². The first-order valence-electron chi connectivity index (χ1n) is 6.03. The van der Waals surface area contributed by atoms with E-state index in [9.17, 15) is 9.59 Å². The molecule has 0 aliphatic heterocycles. The first-order valence-corrected chi connectivity index (χ1v) is 7.21. The van der Waals surface area contributed by atoms with Crippen molar-refractivity contribution in [2.24, 2.45) is 0 Å². The zero-order valence-electron chi connectivity index (χ0n) is 10.4. The van der Waals surface area contributed by atoms with Crippen molar-refractivity contribution in [3.05, 3.63) is 33.3 Å². The summed E-state index contributed by atoms with van der Waals surface area (Å²) in [6.07, 6.45) is 2.05. The van der Waals surface area contributed by atoms with Crippen LogP contribution in [0.15, 0.2) is 22.7 Å². The van der Waals surface area contributed by atoms with Gasteiger partial charge < -0.3 is 10.6 Å². The molecule has 0 radical (unpaired) electrons. The molecule has 4 nitrogen and oxygen atoms in total. The first-order chi connectivity index (χ1) is 8.97. The highest BCUT2D eigenvalue weighted by atomic mass is 79.9. The lowest BCUT2D eigenvalue weighted by Gasteiger charge is -2.14. The predicted octanol–water partition coefficient (Wildman–Crippen LogP) is 2.50. The number of nitrogens with one attached hydrogen (secondary N) is 2. The van der Waals surface area contributed by atoms with Crippen LogP contribution in [-0.4, -0.2) is 23.9 Å². The number of benzene rings is 1. The Morgan fingerprint density at radius 1 is 1.42 bits per heavy atom. The van der Waals surface area contributed by atoms with E-state index in [1.54, 1.807) is 25.1 Å². The summed E-state index contributed by atoms with van der Waals surface area (Å²) in [6.45, 7) is 1.67. The quantitative estimate of drug-likeness (QED) is 0.881. The molecule has 1 unspecified atom stereocenters. The Bertz CT molecular complexity index is 517. The van der Waals surface area contributed by atoms with Crippen molar-refractivity contribution in [3.63, 3.8) is 0 Å². The van der Waals surface area contributed by atoms with E-state index in [1.807, 2.05) is 0 Å². The van der Waals surface area contributed by atoms with Gasteiger partial charge in [0.05, 0.1) is 5.02 Å². The van der Waals surface area contributed by atoms with Gasteiger partial charge in [-0.3, -0.25) is 9.59 Å². The molecule has 6 heteroatoms. The topological polar surface area (TPSA) is 58.2 Å². The summed E-state index contributed by atoms with van der Waals surface area (Å²) >= 11 is 9.12. The van der Waals surface area contributed by atoms with Gasteiger partial charge in [-0.2, -0.15) is 0 Å². The molecule has 1 atom stereocenters. The van der Waals surface area contributed by atoms with Gasteiger partial charge in [-0.15, -0.1) is 0 Å². The summed E-state index contributed by atoms with van der Waals surface area (Å²) in [6, 6.07) is 4.62. The molecular formula is C13H14BrClN2O2. The molecule has 2 rings (SSSR count). The number of hydrogen-bond donors (Lipinski definition) is 2. The van der Waals surface area contributed by atoms with E-state index in [0.29, 0.717) is 15.1 Å². The number of hydrogen-bond acceptors (Lipinski definition) is 2. The Labute approximate surface area is 125 Å². The lowest BCUT2D eigenvalue weighted by Crippen LogP contribution is -2.45. The molecule has 2 N–H and O–H groups in total. The Balaban J connectivity index is 1.95. The van der Waals surface area contributed by atoms with E-state index in [-0.39, 0.29) is 17.9 Å². The zero-order valence-corrected chi connectivity index (χ0v) is 12.7. The standard InChI is InChI=1S/C13H14BrClN2O2/c1-7(12(18)17-9-3-4-9)16-13(19)8-2-5-11(15)10(14)6-8/h2,5-7,9H,3-4H2,1H3,(H,16,19)(H,17,18). The van der Waals surface area contributed by atoms with Crippen molar-refractivity contribution in [1.82, 2.24) is 10.6 Å². The second-order valence-corrected chi connectivity index (χ2v) is 5.87. The van der Waals surface area contributed by atoms with Crippen LogP contribution in [-0.2, 0) is 4.79 Å². The fourth-order valence-electron chi connectivity index (χ4n) is 1.54. The maximum atomic E-state index is 12.0. The van der Waals surface area contributed by atoms with Crippen LogP contribution >= 0.6 is 27.5 Å². The molecule has 0 bridgehead atoms. The molecule has 1 aromatic rings. The van der Waals surface area contributed by atoms with Crippen LogP contribution in [0.25, 0.3) is 0 Å². The Kier molecular flexibility index (Phi) is 4.47. The van der Waals surface area contributed by atoms with Crippen LogP contribution in [0.1, 0.15) is 30.1 Å². The van der Waals surface area contributed by atoms with E-state index >= 15 is 0 Å². The summed E-state index contributed by atoms with van der Waals surface area (Å²) < 4.78 is 0.650. The second kappa shape index (κ2) is 5.92. The van der Waals surface area contributed by atoms with Gasteiger partial charge in [-0.05, 0) is 53.9 Å². The fourth-order valence-corrected chi connectivity index (χ4v) is 2.03. The Morgan fingerprint density at radius 3 is 2.68 bits per heavy atom. The predicted molar refractivity (Wildman–Crippen MR) is 77.2 cm³/mol. The minimum atomic E-state index is -0.553. The molecule has 19 heavy (non-hydrogen) atoms.